The summed E-state index contributed by atoms with van der Waals surface area (Å²) in [7, 11) is 0. The largest absolute Gasteiger partial charge is 0.378 e. The van der Waals surface area contributed by atoms with Gasteiger partial charge >= 0.3 is 0 Å². The topological polar surface area (TPSA) is 71.5 Å². The quantitative estimate of drug-likeness (QED) is 0.899. The Morgan fingerprint density at radius 1 is 1.39 bits per heavy atom. The van der Waals surface area contributed by atoms with E-state index in [4.69, 9.17) is 4.74 Å². The number of rotatable bonds is 2. The molecule has 0 aliphatic carbocycles. The molecule has 0 bridgehead atoms. The predicted octanol–water partition coefficient (Wildman–Crippen LogP) is 1.60. The van der Waals surface area contributed by atoms with E-state index in [0.29, 0.717) is 26.1 Å². The van der Waals surface area contributed by atoms with Crippen LogP contribution in [0.2, 0.25) is 0 Å². The lowest BCUT2D eigenvalue weighted by atomic mass is 9.79. The van der Waals surface area contributed by atoms with Gasteiger partial charge in [0.2, 0.25) is 11.8 Å². The second kappa shape index (κ2) is 6.66. The zero-order valence-corrected chi connectivity index (χ0v) is 13.6. The van der Waals surface area contributed by atoms with Crippen LogP contribution >= 0.6 is 0 Å². The maximum absolute atomic E-state index is 12.8. The number of nitrogens with one attached hydrogen (secondary N) is 1. The zero-order chi connectivity index (χ0) is 16.4. The molecule has 6 nitrogen and oxygen atoms in total. The molecule has 2 fully saturated rings. The number of carbonyl (C=O) groups excluding carboxylic acids is 2. The van der Waals surface area contributed by atoms with Crippen LogP contribution in [0.25, 0.3) is 0 Å². The van der Waals surface area contributed by atoms with Crippen LogP contribution in [-0.2, 0) is 14.3 Å². The lowest BCUT2D eigenvalue weighted by Gasteiger charge is -2.44. The minimum atomic E-state index is -0.129. The van der Waals surface area contributed by atoms with Gasteiger partial charge in [-0.05, 0) is 31.9 Å². The Hall–Kier alpha value is -1.95. The van der Waals surface area contributed by atoms with Gasteiger partial charge in [-0.15, -0.1) is 0 Å². The number of hydrogen-bond acceptors (Lipinski definition) is 4. The highest BCUT2D eigenvalue weighted by molar-refractivity contribution is 5.93. The van der Waals surface area contributed by atoms with Crippen molar-refractivity contribution in [2.24, 2.45) is 11.8 Å². The molecule has 0 aromatic carbocycles. The third-order valence-electron chi connectivity index (χ3n) is 4.92. The normalized spacial score (nSPS) is 27.2. The Kier molecular flexibility index (Phi) is 4.61. The second-order valence-electron chi connectivity index (χ2n) is 6.35. The van der Waals surface area contributed by atoms with Gasteiger partial charge in [0.15, 0.2) is 0 Å². The number of piperidine rings is 1. The Labute approximate surface area is 136 Å². The van der Waals surface area contributed by atoms with E-state index < -0.39 is 0 Å². The highest BCUT2D eigenvalue weighted by Crippen LogP contribution is 2.34. The van der Waals surface area contributed by atoms with Crippen molar-refractivity contribution in [3.63, 3.8) is 0 Å². The molecular formula is C17H23N3O3. The number of ether oxygens (including phenoxy) is 1. The van der Waals surface area contributed by atoms with Crippen molar-refractivity contribution < 1.29 is 14.3 Å². The average molecular weight is 317 g/mol. The molecule has 2 saturated heterocycles. The molecule has 0 saturated carbocycles. The number of fused-ring (bicyclic) bond motifs is 1. The molecule has 2 aliphatic heterocycles. The van der Waals surface area contributed by atoms with E-state index in [9.17, 15) is 9.59 Å². The highest BCUT2D eigenvalue weighted by atomic mass is 16.5. The number of nitrogens with zero attached hydrogens (tertiary/aromatic N) is 2. The van der Waals surface area contributed by atoms with Crippen LogP contribution in [0.1, 0.15) is 25.5 Å². The fourth-order valence-electron chi connectivity index (χ4n) is 3.57. The van der Waals surface area contributed by atoms with E-state index in [1.54, 1.807) is 13.1 Å². The van der Waals surface area contributed by atoms with Gasteiger partial charge in [-0.25, -0.2) is 0 Å². The number of aromatic nitrogens is 1. The minimum absolute atomic E-state index is 0.00445. The fraction of sp³-hybridized carbons (Fsp3) is 0.588. The van der Waals surface area contributed by atoms with Crippen molar-refractivity contribution in [3.8, 4) is 0 Å². The van der Waals surface area contributed by atoms with E-state index in [1.165, 1.54) is 0 Å². The maximum Gasteiger partial charge on any atom is 0.228 e. The first kappa shape index (κ1) is 15.9. The molecule has 1 N–H and O–H groups in total. The summed E-state index contributed by atoms with van der Waals surface area (Å²) in [4.78, 5) is 30.4. The number of aryl methyl sites for hydroxylation is 1. The lowest BCUT2D eigenvalue weighted by Crippen LogP contribution is -2.53. The summed E-state index contributed by atoms with van der Waals surface area (Å²) in [5.41, 5.74) is 1.55. The summed E-state index contributed by atoms with van der Waals surface area (Å²) < 4.78 is 5.83. The molecule has 3 heterocycles. The number of anilines is 1. The van der Waals surface area contributed by atoms with Gasteiger partial charge < -0.3 is 15.0 Å². The van der Waals surface area contributed by atoms with E-state index in [0.717, 1.165) is 17.8 Å². The maximum atomic E-state index is 12.8. The smallest absolute Gasteiger partial charge is 0.228 e. The van der Waals surface area contributed by atoms with E-state index in [-0.39, 0.29) is 29.8 Å². The molecule has 0 unspecified atom stereocenters. The summed E-state index contributed by atoms with van der Waals surface area (Å²) in [6, 6.07) is 3.67. The second-order valence-corrected chi connectivity index (χ2v) is 6.35. The summed E-state index contributed by atoms with van der Waals surface area (Å²) >= 11 is 0. The number of pyridine rings is 1. The van der Waals surface area contributed by atoms with Gasteiger partial charge in [0.1, 0.15) is 0 Å². The first-order valence-corrected chi connectivity index (χ1v) is 8.16. The zero-order valence-electron chi connectivity index (χ0n) is 13.6. The van der Waals surface area contributed by atoms with Gasteiger partial charge in [0, 0.05) is 44.7 Å². The average Bonchev–Trinajstić information content (AvgIpc) is 2.55. The Morgan fingerprint density at radius 2 is 2.22 bits per heavy atom. The van der Waals surface area contributed by atoms with Crippen LogP contribution in [0.15, 0.2) is 18.3 Å². The minimum Gasteiger partial charge on any atom is -0.378 e. The van der Waals surface area contributed by atoms with Gasteiger partial charge in [0.25, 0.3) is 0 Å². The van der Waals surface area contributed by atoms with Crippen molar-refractivity contribution in [3.05, 3.63) is 24.0 Å². The van der Waals surface area contributed by atoms with E-state index in [1.807, 2.05) is 24.0 Å². The van der Waals surface area contributed by atoms with Crippen LogP contribution < -0.4 is 5.32 Å². The van der Waals surface area contributed by atoms with Gasteiger partial charge in [-0.2, -0.15) is 0 Å². The molecule has 2 aliphatic rings. The molecule has 3 atom stereocenters. The number of hydrogen-bond donors (Lipinski definition) is 1. The van der Waals surface area contributed by atoms with Gasteiger partial charge in [-0.1, -0.05) is 0 Å². The first-order chi connectivity index (χ1) is 11.1. The van der Waals surface area contributed by atoms with Crippen LogP contribution in [0.4, 0.5) is 5.69 Å². The Balaban J connectivity index is 1.73. The Bertz CT molecular complexity index is 605. The third-order valence-corrected chi connectivity index (χ3v) is 4.92. The van der Waals surface area contributed by atoms with Gasteiger partial charge in [-0.3, -0.25) is 14.6 Å². The first-order valence-electron chi connectivity index (χ1n) is 8.16. The van der Waals surface area contributed by atoms with Crippen molar-refractivity contribution in [1.29, 1.82) is 0 Å². The van der Waals surface area contributed by atoms with Crippen LogP contribution in [0, 0.1) is 18.8 Å². The van der Waals surface area contributed by atoms with Crippen molar-refractivity contribution in [1.82, 2.24) is 9.88 Å². The monoisotopic (exact) mass is 317 g/mol. The molecule has 2 amide bonds. The lowest BCUT2D eigenvalue weighted by molar-refractivity contribution is -0.146. The Morgan fingerprint density at radius 3 is 2.96 bits per heavy atom. The number of carbonyl (C=O) groups is 2. The standard InChI is InChI=1S/C17H23N3O3/c1-11-15(4-3-7-18-11)19-17(22)13-6-9-23-16-5-8-20(12(2)21)10-14(13)16/h3-4,7,13-14,16H,5-6,8-10H2,1-2H3,(H,19,22)/t13-,14+,16-/m1/s1. The molecule has 3 rings (SSSR count). The molecule has 0 spiro atoms. The van der Waals surface area contributed by atoms with E-state index >= 15 is 0 Å². The molecule has 0 radical (unpaired) electrons. The third kappa shape index (κ3) is 3.37. The van der Waals surface area contributed by atoms with Crippen LogP contribution in [-0.4, -0.2) is 47.5 Å². The number of amides is 2. The molecule has 124 valence electrons. The number of likely N-dealkylation sites (tertiary alicyclic amines) is 1. The van der Waals surface area contributed by atoms with E-state index in [2.05, 4.69) is 10.3 Å². The van der Waals surface area contributed by atoms with Crippen molar-refractivity contribution >= 4 is 17.5 Å². The van der Waals surface area contributed by atoms with Gasteiger partial charge in [0.05, 0.1) is 17.5 Å². The molecule has 1 aromatic heterocycles. The summed E-state index contributed by atoms with van der Waals surface area (Å²) in [6.45, 7) is 5.38. The molecule has 6 heteroatoms. The molecular weight excluding hydrogens is 294 g/mol. The van der Waals surface area contributed by atoms with Crippen LogP contribution in [0.3, 0.4) is 0 Å². The summed E-state index contributed by atoms with van der Waals surface area (Å²) in [5, 5.41) is 3.00. The molecule has 23 heavy (non-hydrogen) atoms. The summed E-state index contributed by atoms with van der Waals surface area (Å²) in [6.07, 6.45) is 3.28. The summed E-state index contributed by atoms with van der Waals surface area (Å²) in [5.74, 6) is 0.00923. The highest BCUT2D eigenvalue weighted by Gasteiger charge is 2.42. The van der Waals surface area contributed by atoms with Crippen molar-refractivity contribution in [2.75, 3.05) is 25.0 Å². The SMILES string of the molecule is CC(=O)N1CC[C@H]2OCC[C@@H](C(=O)Nc3cccnc3C)[C@@H]2C1. The predicted molar refractivity (Wildman–Crippen MR) is 85.8 cm³/mol. The van der Waals surface area contributed by atoms with Crippen LogP contribution in [0.5, 0.6) is 0 Å². The van der Waals surface area contributed by atoms with Crippen molar-refractivity contribution in [2.45, 2.75) is 32.8 Å². The fourth-order valence-corrected chi connectivity index (χ4v) is 3.57. The molecule has 1 aromatic rings.